The van der Waals surface area contributed by atoms with Gasteiger partial charge in [-0.15, -0.1) is 11.3 Å². The van der Waals surface area contributed by atoms with Gasteiger partial charge in [0.25, 0.3) is 5.91 Å². The van der Waals surface area contributed by atoms with Crippen molar-refractivity contribution in [2.24, 2.45) is 0 Å². The third-order valence-electron chi connectivity index (χ3n) is 2.11. The molecule has 0 bridgehead atoms. The number of carbonyl (C=O) groups is 1. The molecule has 0 aliphatic carbocycles. The molecule has 6 heteroatoms. The lowest BCUT2D eigenvalue weighted by Gasteiger charge is -2.04. The zero-order valence-corrected chi connectivity index (χ0v) is 11.2. The van der Waals surface area contributed by atoms with Crippen LogP contribution in [0.15, 0.2) is 34.2 Å². The number of halogens is 1. The number of amides is 1. The van der Waals surface area contributed by atoms with E-state index in [-0.39, 0.29) is 11.6 Å². The van der Waals surface area contributed by atoms with Crippen molar-refractivity contribution >= 4 is 38.9 Å². The maximum absolute atomic E-state index is 11.8. The summed E-state index contributed by atoms with van der Waals surface area (Å²) in [6.07, 6.45) is 1.55. The van der Waals surface area contributed by atoms with E-state index in [2.05, 4.69) is 26.2 Å². The Kier molecular flexibility index (Phi) is 3.75. The summed E-state index contributed by atoms with van der Waals surface area (Å²) in [5.74, 6) is -0.257. The van der Waals surface area contributed by atoms with Gasteiger partial charge in [-0.2, -0.15) is 0 Å². The second-order valence-corrected chi connectivity index (χ2v) is 5.88. The van der Waals surface area contributed by atoms with E-state index in [1.807, 2.05) is 12.1 Å². The fraction of sp³-hybridized carbons (Fsp3) is 0.0909. The number of aromatic nitrogens is 1. The topological polar surface area (TPSA) is 68.0 Å². The molecule has 2 aromatic heterocycles. The fourth-order valence-electron chi connectivity index (χ4n) is 1.31. The van der Waals surface area contributed by atoms with Crippen LogP contribution < -0.4 is 11.1 Å². The van der Waals surface area contributed by atoms with E-state index in [0.29, 0.717) is 12.2 Å². The molecule has 0 aliphatic rings. The van der Waals surface area contributed by atoms with Gasteiger partial charge in [0.05, 0.1) is 16.0 Å². The van der Waals surface area contributed by atoms with Gasteiger partial charge in [-0.25, -0.2) is 4.98 Å². The van der Waals surface area contributed by atoms with Gasteiger partial charge in [0.2, 0.25) is 0 Å². The molecule has 88 valence electrons. The summed E-state index contributed by atoms with van der Waals surface area (Å²) in [5.41, 5.74) is 6.32. The Morgan fingerprint density at radius 2 is 2.29 bits per heavy atom. The first-order valence-electron chi connectivity index (χ1n) is 4.89. The monoisotopic (exact) mass is 311 g/mol. The molecule has 1 amide bonds. The van der Waals surface area contributed by atoms with Gasteiger partial charge in [0.1, 0.15) is 0 Å². The van der Waals surface area contributed by atoms with Crippen molar-refractivity contribution < 1.29 is 4.79 Å². The van der Waals surface area contributed by atoms with Crippen LogP contribution in [0.25, 0.3) is 0 Å². The van der Waals surface area contributed by atoms with Crippen LogP contribution in [0, 0.1) is 0 Å². The van der Waals surface area contributed by atoms with Crippen molar-refractivity contribution in [1.82, 2.24) is 10.3 Å². The maximum Gasteiger partial charge on any atom is 0.272 e. The lowest BCUT2D eigenvalue weighted by molar-refractivity contribution is 0.0947. The van der Waals surface area contributed by atoms with Gasteiger partial charge >= 0.3 is 0 Å². The summed E-state index contributed by atoms with van der Waals surface area (Å²) in [6, 6.07) is 7.25. The van der Waals surface area contributed by atoms with Crippen LogP contribution in [0.5, 0.6) is 0 Å². The Balaban J connectivity index is 2.01. The Hall–Kier alpha value is -1.40. The molecule has 17 heavy (non-hydrogen) atoms. The van der Waals surface area contributed by atoms with Crippen molar-refractivity contribution in [3.8, 4) is 0 Å². The van der Waals surface area contributed by atoms with Crippen molar-refractivity contribution in [2.75, 3.05) is 5.73 Å². The molecule has 0 fully saturated rings. The standard InChI is InChI=1S/C11H10BrN3OS/c12-9-4-3-7(17-9)6-15-11(16)10-8(13)2-1-5-14-10/h1-5H,6,13H2,(H,15,16). The van der Waals surface area contributed by atoms with Gasteiger partial charge in [-0.05, 0) is 40.2 Å². The molecule has 4 nitrogen and oxygen atoms in total. The Bertz CT molecular complexity index is 541. The summed E-state index contributed by atoms with van der Waals surface area (Å²) in [4.78, 5) is 16.8. The molecule has 3 N–H and O–H groups in total. The molecule has 0 aromatic carbocycles. The van der Waals surface area contributed by atoms with Crippen LogP contribution in [0.3, 0.4) is 0 Å². The third kappa shape index (κ3) is 3.04. The van der Waals surface area contributed by atoms with E-state index in [1.165, 1.54) is 0 Å². The number of nitrogens with zero attached hydrogens (tertiary/aromatic N) is 1. The largest absolute Gasteiger partial charge is 0.397 e. The minimum atomic E-state index is -0.257. The van der Waals surface area contributed by atoms with E-state index >= 15 is 0 Å². The number of carbonyl (C=O) groups excluding carboxylic acids is 1. The molecule has 0 saturated carbocycles. The first-order valence-corrected chi connectivity index (χ1v) is 6.50. The minimum Gasteiger partial charge on any atom is -0.397 e. The van der Waals surface area contributed by atoms with Crippen molar-refractivity contribution in [3.63, 3.8) is 0 Å². The molecule has 0 spiro atoms. The summed E-state index contributed by atoms with van der Waals surface area (Å²) in [6.45, 7) is 0.477. The molecular weight excluding hydrogens is 302 g/mol. The van der Waals surface area contributed by atoms with E-state index < -0.39 is 0 Å². The molecule has 0 radical (unpaired) electrons. The highest BCUT2D eigenvalue weighted by Gasteiger charge is 2.10. The summed E-state index contributed by atoms with van der Waals surface area (Å²) in [5, 5.41) is 2.78. The summed E-state index contributed by atoms with van der Waals surface area (Å²) in [7, 11) is 0. The lowest BCUT2D eigenvalue weighted by Crippen LogP contribution is -2.24. The second-order valence-electron chi connectivity index (χ2n) is 3.33. The number of anilines is 1. The number of pyridine rings is 1. The molecule has 0 aliphatic heterocycles. The van der Waals surface area contributed by atoms with Gasteiger partial charge in [-0.3, -0.25) is 4.79 Å². The highest BCUT2D eigenvalue weighted by molar-refractivity contribution is 9.11. The van der Waals surface area contributed by atoms with E-state index in [1.54, 1.807) is 29.7 Å². The number of hydrogen-bond donors (Lipinski definition) is 2. The van der Waals surface area contributed by atoms with Crippen molar-refractivity contribution in [3.05, 3.63) is 44.8 Å². The minimum absolute atomic E-state index is 0.257. The molecule has 2 aromatic rings. The van der Waals surface area contributed by atoms with Gasteiger partial charge in [0.15, 0.2) is 5.69 Å². The number of nitrogen functional groups attached to an aromatic ring is 1. The molecule has 0 atom stereocenters. The fourth-order valence-corrected chi connectivity index (χ4v) is 2.73. The normalized spacial score (nSPS) is 10.2. The molecule has 0 saturated heterocycles. The van der Waals surface area contributed by atoms with Crippen molar-refractivity contribution in [2.45, 2.75) is 6.54 Å². The average molecular weight is 312 g/mol. The molecule has 0 unspecified atom stereocenters. The second kappa shape index (κ2) is 5.29. The first kappa shape index (κ1) is 12.1. The van der Waals surface area contributed by atoms with E-state index in [9.17, 15) is 4.79 Å². The van der Waals surface area contributed by atoms with Crippen LogP contribution >= 0.6 is 27.3 Å². The quantitative estimate of drug-likeness (QED) is 0.914. The van der Waals surface area contributed by atoms with Crippen LogP contribution in [0.2, 0.25) is 0 Å². The zero-order valence-electron chi connectivity index (χ0n) is 8.81. The predicted molar refractivity (Wildman–Crippen MR) is 71.8 cm³/mol. The molecule has 2 rings (SSSR count). The van der Waals surface area contributed by atoms with E-state index in [4.69, 9.17) is 5.73 Å². The van der Waals surface area contributed by atoms with Crippen molar-refractivity contribution in [1.29, 1.82) is 0 Å². The van der Waals surface area contributed by atoms with Gasteiger partial charge < -0.3 is 11.1 Å². The van der Waals surface area contributed by atoms with Crippen LogP contribution in [0.4, 0.5) is 5.69 Å². The smallest absolute Gasteiger partial charge is 0.272 e. The maximum atomic E-state index is 11.8. The average Bonchev–Trinajstić information content (AvgIpc) is 2.73. The highest BCUT2D eigenvalue weighted by Crippen LogP contribution is 2.21. The van der Waals surface area contributed by atoms with E-state index in [0.717, 1.165) is 8.66 Å². The summed E-state index contributed by atoms with van der Waals surface area (Å²) < 4.78 is 1.04. The predicted octanol–water partition coefficient (Wildman–Crippen LogP) is 2.42. The number of thiophene rings is 1. The number of hydrogen-bond acceptors (Lipinski definition) is 4. The SMILES string of the molecule is Nc1cccnc1C(=O)NCc1ccc(Br)s1. The first-order chi connectivity index (χ1) is 8.16. The van der Waals surface area contributed by atoms with Crippen LogP contribution in [-0.4, -0.2) is 10.9 Å². The molecular formula is C11H10BrN3OS. The Labute approximate surface area is 111 Å². The molecule has 2 heterocycles. The Morgan fingerprint density at radius 1 is 1.47 bits per heavy atom. The number of nitrogens with two attached hydrogens (primary N) is 1. The number of rotatable bonds is 3. The number of nitrogens with one attached hydrogen (secondary N) is 1. The highest BCUT2D eigenvalue weighted by atomic mass is 79.9. The van der Waals surface area contributed by atoms with Gasteiger partial charge in [0, 0.05) is 11.1 Å². The van der Waals surface area contributed by atoms with Crippen LogP contribution in [0.1, 0.15) is 15.4 Å². The lowest BCUT2D eigenvalue weighted by atomic mass is 10.3. The third-order valence-corrected chi connectivity index (χ3v) is 3.73. The van der Waals surface area contributed by atoms with Crippen LogP contribution in [-0.2, 0) is 6.54 Å². The Morgan fingerprint density at radius 3 is 2.94 bits per heavy atom. The van der Waals surface area contributed by atoms with Gasteiger partial charge in [-0.1, -0.05) is 0 Å². The zero-order chi connectivity index (χ0) is 12.3. The summed E-state index contributed by atoms with van der Waals surface area (Å²) >= 11 is 4.95.